The van der Waals surface area contributed by atoms with Gasteiger partial charge in [-0.3, -0.25) is 4.90 Å². The molecule has 7 heteroatoms. The van der Waals surface area contributed by atoms with E-state index in [1.807, 2.05) is 25.1 Å². The Labute approximate surface area is 190 Å². The second-order valence-corrected chi connectivity index (χ2v) is 9.72. The van der Waals surface area contributed by atoms with Crippen molar-refractivity contribution in [2.75, 3.05) is 13.1 Å². The fraction of sp³-hybridized carbons (Fsp3) is 0.333. The molecule has 5 rings (SSSR count). The van der Waals surface area contributed by atoms with Crippen LogP contribution in [-0.2, 0) is 6.42 Å². The Morgan fingerprint density at radius 3 is 2.61 bits per heavy atom. The van der Waals surface area contributed by atoms with Crippen LogP contribution in [0, 0.1) is 12.8 Å². The van der Waals surface area contributed by atoms with Crippen molar-refractivity contribution >= 4 is 27.9 Å². The van der Waals surface area contributed by atoms with Crippen LogP contribution < -0.4 is 0 Å². The molecule has 2 aromatic carbocycles. The fourth-order valence-electron chi connectivity index (χ4n) is 4.59. The lowest BCUT2D eigenvalue weighted by Gasteiger charge is -2.37. The summed E-state index contributed by atoms with van der Waals surface area (Å²) < 4.78 is 1.55. The average molecular weight is 453 g/mol. The van der Waals surface area contributed by atoms with E-state index in [0.717, 1.165) is 47.8 Å². The van der Waals surface area contributed by atoms with Crippen LogP contribution in [-0.4, -0.2) is 37.7 Å². The minimum absolute atomic E-state index is 0.0646. The van der Waals surface area contributed by atoms with Gasteiger partial charge in [0, 0.05) is 5.02 Å². The minimum atomic E-state index is -0.0646. The molecule has 1 atom stereocenters. The number of hydrogen-bond acceptors (Lipinski definition) is 5. The van der Waals surface area contributed by atoms with Crippen molar-refractivity contribution in [2.24, 2.45) is 5.92 Å². The first-order valence-corrected chi connectivity index (χ1v) is 11.9. The van der Waals surface area contributed by atoms with Crippen LogP contribution in [0.4, 0.5) is 0 Å². The largest absolute Gasteiger partial charge is 0.492 e. The van der Waals surface area contributed by atoms with Gasteiger partial charge in [-0.15, -0.1) is 5.10 Å². The van der Waals surface area contributed by atoms with E-state index >= 15 is 0 Å². The SMILES string of the molecule is Cc1nc2sc([C@H](c3cccc(Cl)c3)N3CCC(Cc4ccccc4)CC3)c(O)n2n1. The molecule has 0 spiro atoms. The maximum atomic E-state index is 11.0. The number of thiazole rings is 1. The topological polar surface area (TPSA) is 53.7 Å². The number of fused-ring (bicyclic) bond motifs is 1. The summed E-state index contributed by atoms with van der Waals surface area (Å²) in [7, 11) is 0. The highest BCUT2D eigenvalue weighted by atomic mass is 35.5. The third-order valence-electron chi connectivity index (χ3n) is 6.10. The molecular weight excluding hydrogens is 428 g/mol. The van der Waals surface area contributed by atoms with Crippen molar-refractivity contribution in [2.45, 2.75) is 32.2 Å². The van der Waals surface area contributed by atoms with Gasteiger partial charge in [0.2, 0.25) is 10.8 Å². The van der Waals surface area contributed by atoms with Gasteiger partial charge in [0.15, 0.2) is 0 Å². The van der Waals surface area contributed by atoms with Gasteiger partial charge >= 0.3 is 0 Å². The lowest BCUT2D eigenvalue weighted by molar-refractivity contribution is 0.150. The summed E-state index contributed by atoms with van der Waals surface area (Å²) in [5.74, 6) is 1.52. The van der Waals surface area contributed by atoms with Crippen LogP contribution in [0.5, 0.6) is 5.88 Å². The molecule has 160 valence electrons. The van der Waals surface area contributed by atoms with E-state index in [2.05, 4.69) is 51.4 Å². The van der Waals surface area contributed by atoms with Crippen LogP contribution in [0.25, 0.3) is 4.96 Å². The highest BCUT2D eigenvalue weighted by molar-refractivity contribution is 7.17. The molecule has 3 heterocycles. The van der Waals surface area contributed by atoms with Gasteiger partial charge in [-0.05, 0) is 68.5 Å². The number of aromatic hydroxyl groups is 1. The minimum Gasteiger partial charge on any atom is -0.492 e. The fourth-order valence-corrected chi connectivity index (χ4v) is 5.95. The number of halogens is 1. The Balaban J connectivity index is 1.43. The number of aryl methyl sites for hydroxylation is 1. The third-order valence-corrected chi connectivity index (χ3v) is 7.41. The Kier molecular flexibility index (Phi) is 5.69. The summed E-state index contributed by atoms with van der Waals surface area (Å²) in [4.78, 5) is 8.51. The van der Waals surface area contributed by atoms with Crippen molar-refractivity contribution in [3.63, 3.8) is 0 Å². The van der Waals surface area contributed by atoms with Gasteiger partial charge in [0.1, 0.15) is 5.82 Å². The van der Waals surface area contributed by atoms with Gasteiger partial charge in [0.05, 0.1) is 10.9 Å². The molecule has 0 aliphatic carbocycles. The molecule has 2 aromatic heterocycles. The molecule has 0 radical (unpaired) electrons. The smallest absolute Gasteiger partial charge is 0.230 e. The molecule has 1 aliphatic rings. The van der Waals surface area contributed by atoms with Crippen molar-refractivity contribution in [1.29, 1.82) is 0 Å². The monoisotopic (exact) mass is 452 g/mol. The molecule has 4 aromatic rings. The van der Waals surface area contributed by atoms with Crippen LogP contribution in [0.15, 0.2) is 54.6 Å². The lowest BCUT2D eigenvalue weighted by atomic mass is 9.89. The lowest BCUT2D eigenvalue weighted by Crippen LogP contribution is -2.37. The van der Waals surface area contributed by atoms with E-state index in [9.17, 15) is 5.11 Å². The zero-order chi connectivity index (χ0) is 21.4. The highest BCUT2D eigenvalue weighted by Gasteiger charge is 2.32. The first-order chi connectivity index (χ1) is 15.1. The van der Waals surface area contributed by atoms with Gasteiger partial charge in [-0.1, -0.05) is 65.4 Å². The number of aromatic nitrogens is 3. The van der Waals surface area contributed by atoms with Crippen LogP contribution in [0.2, 0.25) is 5.02 Å². The molecule has 0 saturated carbocycles. The van der Waals surface area contributed by atoms with Gasteiger partial charge in [0.25, 0.3) is 0 Å². The normalized spacial score (nSPS) is 16.7. The first-order valence-electron chi connectivity index (χ1n) is 10.7. The van der Waals surface area contributed by atoms with Gasteiger partial charge in [-0.2, -0.15) is 4.52 Å². The Bertz CT molecular complexity index is 1180. The molecule has 1 N–H and O–H groups in total. The summed E-state index contributed by atoms with van der Waals surface area (Å²) in [5.41, 5.74) is 2.50. The summed E-state index contributed by atoms with van der Waals surface area (Å²) in [6, 6.07) is 18.6. The Hall–Kier alpha value is -2.41. The number of piperidine rings is 1. The molecule has 1 saturated heterocycles. The molecule has 1 fully saturated rings. The molecule has 0 bridgehead atoms. The summed E-state index contributed by atoms with van der Waals surface area (Å²) in [5, 5.41) is 16.0. The third kappa shape index (κ3) is 4.20. The van der Waals surface area contributed by atoms with E-state index in [1.165, 1.54) is 16.9 Å². The van der Waals surface area contributed by atoms with E-state index in [0.29, 0.717) is 16.8 Å². The molecule has 5 nitrogen and oxygen atoms in total. The molecule has 0 amide bonds. The van der Waals surface area contributed by atoms with Gasteiger partial charge < -0.3 is 5.11 Å². The van der Waals surface area contributed by atoms with Crippen LogP contribution >= 0.6 is 22.9 Å². The Morgan fingerprint density at radius 2 is 1.90 bits per heavy atom. The second kappa shape index (κ2) is 8.61. The zero-order valence-electron chi connectivity index (χ0n) is 17.4. The van der Waals surface area contributed by atoms with Crippen molar-refractivity contribution < 1.29 is 5.11 Å². The molecule has 31 heavy (non-hydrogen) atoms. The molecule has 0 unspecified atom stereocenters. The maximum Gasteiger partial charge on any atom is 0.230 e. The Morgan fingerprint density at radius 1 is 1.13 bits per heavy atom. The highest BCUT2D eigenvalue weighted by Crippen LogP contribution is 2.42. The molecular formula is C24H25ClN4OS. The molecule has 1 aliphatic heterocycles. The van der Waals surface area contributed by atoms with Crippen LogP contribution in [0.3, 0.4) is 0 Å². The maximum absolute atomic E-state index is 11.0. The standard InChI is InChI=1S/C24H25ClN4OS/c1-16-26-24-29(27-16)23(30)22(31-24)21(19-8-5-9-20(25)15-19)28-12-10-18(11-13-28)14-17-6-3-2-4-7-17/h2-9,15,18,21,30H,10-14H2,1H3/t21-/m0/s1. The predicted molar refractivity (Wildman–Crippen MR) is 125 cm³/mol. The zero-order valence-corrected chi connectivity index (χ0v) is 19.0. The van der Waals surface area contributed by atoms with Crippen LogP contribution in [0.1, 0.15) is 40.7 Å². The summed E-state index contributed by atoms with van der Waals surface area (Å²) >= 11 is 7.84. The van der Waals surface area contributed by atoms with E-state index in [-0.39, 0.29) is 11.9 Å². The average Bonchev–Trinajstić information content (AvgIpc) is 3.27. The van der Waals surface area contributed by atoms with E-state index in [1.54, 1.807) is 4.52 Å². The quantitative estimate of drug-likeness (QED) is 0.434. The summed E-state index contributed by atoms with van der Waals surface area (Å²) in [6.45, 7) is 3.78. The number of hydrogen-bond donors (Lipinski definition) is 1. The van der Waals surface area contributed by atoms with E-state index < -0.39 is 0 Å². The number of nitrogens with zero attached hydrogens (tertiary/aromatic N) is 4. The van der Waals surface area contributed by atoms with Crippen molar-refractivity contribution in [3.8, 4) is 5.88 Å². The number of benzene rings is 2. The van der Waals surface area contributed by atoms with E-state index in [4.69, 9.17) is 11.6 Å². The van der Waals surface area contributed by atoms with Crippen molar-refractivity contribution in [1.82, 2.24) is 19.5 Å². The second-order valence-electron chi connectivity index (χ2n) is 8.27. The predicted octanol–water partition coefficient (Wildman–Crippen LogP) is 5.50. The first kappa shape index (κ1) is 20.5. The number of likely N-dealkylation sites (tertiary alicyclic amines) is 1. The van der Waals surface area contributed by atoms with Gasteiger partial charge in [-0.25, -0.2) is 4.98 Å². The number of rotatable bonds is 5. The van der Waals surface area contributed by atoms with Crippen molar-refractivity contribution in [3.05, 3.63) is 81.4 Å². The summed E-state index contributed by atoms with van der Waals surface area (Å²) in [6.07, 6.45) is 3.39.